The lowest BCUT2D eigenvalue weighted by Crippen LogP contribution is -2.23. The zero-order chi connectivity index (χ0) is 16.0. The Morgan fingerprint density at radius 3 is 2.36 bits per heavy atom. The van der Waals surface area contributed by atoms with Crippen LogP contribution in [-0.2, 0) is 21.4 Å². The number of carbonyl (C=O) groups excluding carboxylic acids is 1. The van der Waals surface area contributed by atoms with Crippen LogP contribution in [0.1, 0.15) is 5.56 Å². The van der Waals surface area contributed by atoms with E-state index < -0.39 is 15.9 Å². The van der Waals surface area contributed by atoms with E-state index in [1.807, 2.05) is 0 Å². The number of amides is 1. The Labute approximate surface area is 128 Å². The molecule has 2 aromatic rings. The average Bonchev–Trinajstić information content (AvgIpc) is 2.52. The number of pyridine rings is 1. The summed E-state index contributed by atoms with van der Waals surface area (Å²) in [6.45, 7) is -0.0861. The normalized spacial score (nSPS) is 11.1. The van der Waals surface area contributed by atoms with Crippen molar-refractivity contribution in [1.82, 2.24) is 9.71 Å². The molecule has 2 rings (SSSR count). The minimum atomic E-state index is -3.62. The lowest BCUT2D eigenvalue weighted by atomic mass is 10.3. The molecule has 8 heteroatoms. The van der Waals surface area contributed by atoms with Gasteiger partial charge in [-0.15, -0.1) is 0 Å². The Hall–Kier alpha value is -2.45. The standard InChI is InChI=1S/C14H15N3O4S/c15-14(18)10-21-12-1-3-13(4-2-12)22(19,20)17-9-11-5-7-16-8-6-11/h1-8,17H,9-10H2,(H2,15,18). The van der Waals surface area contributed by atoms with Gasteiger partial charge < -0.3 is 10.5 Å². The first-order valence-electron chi connectivity index (χ1n) is 6.37. The largest absolute Gasteiger partial charge is 0.484 e. The third-order valence-corrected chi connectivity index (χ3v) is 4.15. The Kier molecular flexibility index (Phi) is 5.08. The number of nitrogens with two attached hydrogens (primary N) is 1. The maximum Gasteiger partial charge on any atom is 0.255 e. The molecule has 0 atom stereocenters. The third-order valence-electron chi connectivity index (χ3n) is 2.73. The number of hydrogen-bond acceptors (Lipinski definition) is 5. The van der Waals surface area contributed by atoms with Crippen molar-refractivity contribution >= 4 is 15.9 Å². The van der Waals surface area contributed by atoms with Crippen LogP contribution in [0, 0.1) is 0 Å². The number of aromatic nitrogens is 1. The molecule has 0 aliphatic rings. The van der Waals surface area contributed by atoms with E-state index in [1.54, 1.807) is 24.5 Å². The maximum absolute atomic E-state index is 12.1. The van der Waals surface area contributed by atoms with Gasteiger partial charge in [0.05, 0.1) is 4.90 Å². The van der Waals surface area contributed by atoms with Crippen molar-refractivity contribution in [2.24, 2.45) is 5.73 Å². The molecule has 0 saturated heterocycles. The number of benzene rings is 1. The number of primary amides is 1. The summed E-state index contributed by atoms with van der Waals surface area (Å²) >= 11 is 0. The second-order valence-corrected chi connectivity index (χ2v) is 6.17. The Bertz CT molecular complexity index is 730. The molecule has 0 aliphatic carbocycles. The summed E-state index contributed by atoms with van der Waals surface area (Å²) in [4.78, 5) is 14.6. The number of ether oxygens (including phenoxy) is 1. The number of sulfonamides is 1. The second-order valence-electron chi connectivity index (χ2n) is 4.41. The fourth-order valence-electron chi connectivity index (χ4n) is 1.63. The SMILES string of the molecule is NC(=O)COc1ccc(S(=O)(=O)NCc2ccncc2)cc1. The molecule has 0 unspecified atom stereocenters. The van der Waals surface area contributed by atoms with Crippen LogP contribution in [0.3, 0.4) is 0 Å². The molecule has 1 amide bonds. The highest BCUT2D eigenvalue weighted by Gasteiger charge is 2.13. The molecule has 0 fully saturated rings. The number of hydrogen-bond donors (Lipinski definition) is 2. The van der Waals surface area contributed by atoms with Crippen LogP contribution in [-0.4, -0.2) is 25.9 Å². The Balaban J connectivity index is 2.01. The minimum Gasteiger partial charge on any atom is -0.484 e. The van der Waals surface area contributed by atoms with E-state index in [-0.39, 0.29) is 18.0 Å². The summed E-state index contributed by atoms with van der Waals surface area (Å²) in [6, 6.07) is 9.16. The van der Waals surface area contributed by atoms with Crippen LogP contribution in [0.15, 0.2) is 53.7 Å². The molecule has 116 valence electrons. The number of nitrogens with zero attached hydrogens (tertiary/aromatic N) is 1. The molecule has 0 spiro atoms. The Morgan fingerprint density at radius 2 is 1.77 bits per heavy atom. The summed E-state index contributed by atoms with van der Waals surface area (Å²) in [6.07, 6.45) is 3.18. The van der Waals surface area contributed by atoms with E-state index in [4.69, 9.17) is 10.5 Å². The zero-order valence-electron chi connectivity index (χ0n) is 11.6. The van der Waals surface area contributed by atoms with Gasteiger partial charge in [-0.3, -0.25) is 9.78 Å². The van der Waals surface area contributed by atoms with E-state index in [2.05, 4.69) is 9.71 Å². The van der Waals surface area contributed by atoms with Crippen molar-refractivity contribution in [2.45, 2.75) is 11.4 Å². The highest BCUT2D eigenvalue weighted by Crippen LogP contribution is 2.16. The van der Waals surface area contributed by atoms with Crippen LogP contribution in [0.5, 0.6) is 5.75 Å². The first-order chi connectivity index (χ1) is 10.5. The summed E-state index contributed by atoms with van der Waals surface area (Å²) < 4.78 is 31.8. The fourth-order valence-corrected chi connectivity index (χ4v) is 2.65. The molecular weight excluding hydrogens is 306 g/mol. The summed E-state index contributed by atoms with van der Waals surface area (Å²) in [5, 5.41) is 0. The first kappa shape index (κ1) is 15.9. The van der Waals surface area contributed by atoms with E-state index >= 15 is 0 Å². The van der Waals surface area contributed by atoms with E-state index in [9.17, 15) is 13.2 Å². The average molecular weight is 321 g/mol. The third kappa shape index (κ3) is 4.54. The first-order valence-corrected chi connectivity index (χ1v) is 7.85. The minimum absolute atomic E-state index is 0.105. The van der Waals surface area contributed by atoms with E-state index in [0.29, 0.717) is 5.75 Å². The summed E-state index contributed by atoms with van der Waals surface area (Å²) in [5.41, 5.74) is 5.77. The van der Waals surface area contributed by atoms with Gasteiger partial charge in [0.2, 0.25) is 10.0 Å². The smallest absolute Gasteiger partial charge is 0.255 e. The van der Waals surface area contributed by atoms with Crippen LogP contribution in [0.25, 0.3) is 0 Å². The number of nitrogens with one attached hydrogen (secondary N) is 1. The topological polar surface area (TPSA) is 111 Å². The number of rotatable bonds is 7. The summed E-state index contributed by atoms with van der Waals surface area (Å²) in [7, 11) is -3.62. The van der Waals surface area contributed by atoms with Gasteiger partial charge in [0, 0.05) is 18.9 Å². The van der Waals surface area contributed by atoms with Crippen LogP contribution in [0.4, 0.5) is 0 Å². The van der Waals surface area contributed by atoms with Crippen molar-refractivity contribution in [1.29, 1.82) is 0 Å². The molecule has 0 bridgehead atoms. The van der Waals surface area contributed by atoms with Gasteiger partial charge in [-0.1, -0.05) is 0 Å². The van der Waals surface area contributed by atoms with Crippen molar-refractivity contribution < 1.29 is 17.9 Å². The lowest BCUT2D eigenvalue weighted by Gasteiger charge is -2.08. The molecular formula is C14H15N3O4S. The van der Waals surface area contributed by atoms with Gasteiger partial charge in [-0.05, 0) is 42.0 Å². The predicted molar refractivity (Wildman–Crippen MR) is 79.4 cm³/mol. The molecule has 0 aliphatic heterocycles. The van der Waals surface area contributed by atoms with Gasteiger partial charge in [-0.25, -0.2) is 13.1 Å². The highest BCUT2D eigenvalue weighted by molar-refractivity contribution is 7.89. The zero-order valence-corrected chi connectivity index (χ0v) is 12.4. The van der Waals surface area contributed by atoms with Crippen molar-refractivity contribution in [3.05, 3.63) is 54.4 Å². The van der Waals surface area contributed by atoms with Gasteiger partial charge in [-0.2, -0.15) is 0 Å². The van der Waals surface area contributed by atoms with Crippen molar-refractivity contribution in [3.8, 4) is 5.75 Å². The van der Waals surface area contributed by atoms with Gasteiger partial charge in [0.15, 0.2) is 6.61 Å². The lowest BCUT2D eigenvalue weighted by molar-refractivity contribution is -0.119. The van der Waals surface area contributed by atoms with Gasteiger partial charge >= 0.3 is 0 Å². The molecule has 0 radical (unpaired) electrons. The Morgan fingerprint density at radius 1 is 1.14 bits per heavy atom. The molecule has 3 N–H and O–H groups in total. The van der Waals surface area contributed by atoms with Crippen molar-refractivity contribution in [2.75, 3.05) is 6.61 Å². The van der Waals surface area contributed by atoms with Gasteiger partial charge in [0.1, 0.15) is 5.75 Å². The van der Waals surface area contributed by atoms with Crippen LogP contribution >= 0.6 is 0 Å². The molecule has 1 aromatic carbocycles. The molecule has 7 nitrogen and oxygen atoms in total. The maximum atomic E-state index is 12.1. The molecule has 1 aromatic heterocycles. The monoisotopic (exact) mass is 321 g/mol. The van der Waals surface area contributed by atoms with E-state index in [1.165, 1.54) is 24.3 Å². The highest BCUT2D eigenvalue weighted by atomic mass is 32.2. The van der Waals surface area contributed by atoms with E-state index in [0.717, 1.165) is 5.56 Å². The second kappa shape index (κ2) is 7.01. The fraction of sp³-hybridized carbons (Fsp3) is 0.143. The summed E-state index contributed by atoms with van der Waals surface area (Å²) in [5.74, 6) is -0.234. The van der Waals surface area contributed by atoms with Crippen molar-refractivity contribution in [3.63, 3.8) is 0 Å². The molecule has 1 heterocycles. The van der Waals surface area contributed by atoms with Crippen LogP contribution in [0.2, 0.25) is 0 Å². The quantitative estimate of drug-likeness (QED) is 0.768. The predicted octanol–water partition coefficient (Wildman–Crippen LogP) is 0.424. The molecule has 22 heavy (non-hydrogen) atoms. The molecule has 0 saturated carbocycles. The van der Waals surface area contributed by atoms with Crippen LogP contribution < -0.4 is 15.2 Å². The number of carbonyl (C=O) groups is 1. The van der Waals surface area contributed by atoms with Gasteiger partial charge in [0.25, 0.3) is 5.91 Å².